The average molecular weight is 276 g/mol. The monoisotopic (exact) mass is 276 g/mol. The number of nitrogens with zero attached hydrogens (tertiary/aromatic N) is 1. The molecular weight excluding hydrogens is 252 g/mol. The Morgan fingerprint density at radius 3 is 2.65 bits per heavy atom. The molecule has 4 heteroatoms. The van der Waals surface area contributed by atoms with E-state index in [1.807, 2.05) is 24.3 Å². The molecule has 0 aromatic heterocycles. The minimum Gasteiger partial charge on any atom is -0.481 e. The molecule has 0 saturated carbocycles. The highest BCUT2D eigenvalue weighted by atomic mass is 16.4. The number of likely N-dealkylation sites (tertiary alicyclic amines) is 1. The van der Waals surface area contributed by atoms with Crippen LogP contribution in [0.5, 0.6) is 0 Å². The van der Waals surface area contributed by atoms with Crippen LogP contribution in [0.4, 0.5) is 0 Å². The Kier molecular flexibility index (Phi) is 5.56. The number of nitrogens with one attached hydrogen (secondary N) is 1. The molecule has 1 heterocycles. The molecule has 1 fully saturated rings. The van der Waals surface area contributed by atoms with Crippen LogP contribution in [0.15, 0.2) is 24.3 Å². The first-order valence-electron chi connectivity index (χ1n) is 7.36. The zero-order chi connectivity index (χ0) is 14.4. The van der Waals surface area contributed by atoms with Crippen LogP contribution in [0.25, 0.3) is 0 Å². The normalized spacial score (nSPS) is 19.9. The summed E-state index contributed by atoms with van der Waals surface area (Å²) >= 11 is 0. The SMILES string of the molecule is CN1CCCCC1CNCc1ccc(CC(=O)O)cc1. The predicted molar refractivity (Wildman–Crippen MR) is 79.8 cm³/mol. The number of aliphatic carboxylic acids is 1. The Balaban J connectivity index is 1.74. The minimum atomic E-state index is -0.781. The average Bonchev–Trinajstić information content (AvgIpc) is 2.42. The smallest absolute Gasteiger partial charge is 0.307 e. The molecule has 1 aromatic rings. The second kappa shape index (κ2) is 7.41. The second-order valence-electron chi connectivity index (χ2n) is 5.65. The highest BCUT2D eigenvalue weighted by Crippen LogP contribution is 2.14. The van der Waals surface area contributed by atoms with Gasteiger partial charge >= 0.3 is 5.97 Å². The maximum atomic E-state index is 10.6. The van der Waals surface area contributed by atoms with Gasteiger partial charge in [0.1, 0.15) is 0 Å². The maximum Gasteiger partial charge on any atom is 0.307 e. The van der Waals surface area contributed by atoms with Crippen molar-refractivity contribution in [1.29, 1.82) is 0 Å². The Labute approximate surface area is 120 Å². The van der Waals surface area contributed by atoms with E-state index in [0.29, 0.717) is 6.04 Å². The third-order valence-corrected chi connectivity index (χ3v) is 4.01. The largest absolute Gasteiger partial charge is 0.481 e. The summed E-state index contributed by atoms with van der Waals surface area (Å²) in [5.41, 5.74) is 2.06. The van der Waals surface area contributed by atoms with Gasteiger partial charge in [-0.1, -0.05) is 30.7 Å². The van der Waals surface area contributed by atoms with E-state index in [-0.39, 0.29) is 6.42 Å². The van der Waals surface area contributed by atoms with E-state index < -0.39 is 5.97 Å². The number of hydrogen-bond acceptors (Lipinski definition) is 3. The van der Waals surface area contributed by atoms with Crippen LogP contribution >= 0.6 is 0 Å². The van der Waals surface area contributed by atoms with E-state index in [9.17, 15) is 4.79 Å². The molecule has 4 nitrogen and oxygen atoms in total. The van der Waals surface area contributed by atoms with E-state index in [4.69, 9.17) is 5.11 Å². The van der Waals surface area contributed by atoms with E-state index in [1.54, 1.807) is 0 Å². The number of carbonyl (C=O) groups is 1. The van der Waals surface area contributed by atoms with Crippen LogP contribution in [0.3, 0.4) is 0 Å². The van der Waals surface area contributed by atoms with E-state index >= 15 is 0 Å². The minimum absolute atomic E-state index is 0.0978. The van der Waals surface area contributed by atoms with Gasteiger partial charge in [-0.25, -0.2) is 0 Å². The van der Waals surface area contributed by atoms with Gasteiger partial charge < -0.3 is 15.3 Å². The fourth-order valence-electron chi connectivity index (χ4n) is 2.73. The molecule has 2 rings (SSSR count). The second-order valence-corrected chi connectivity index (χ2v) is 5.65. The Bertz CT molecular complexity index is 431. The molecule has 0 spiro atoms. The van der Waals surface area contributed by atoms with Crippen molar-refractivity contribution >= 4 is 5.97 Å². The molecule has 1 aliphatic heterocycles. The van der Waals surface area contributed by atoms with Crippen LogP contribution in [-0.2, 0) is 17.8 Å². The van der Waals surface area contributed by atoms with Crippen LogP contribution in [-0.4, -0.2) is 42.2 Å². The Hall–Kier alpha value is -1.39. The molecule has 1 aromatic carbocycles. The summed E-state index contributed by atoms with van der Waals surface area (Å²) in [6.45, 7) is 3.07. The molecule has 20 heavy (non-hydrogen) atoms. The van der Waals surface area contributed by atoms with Crippen molar-refractivity contribution in [3.05, 3.63) is 35.4 Å². The molecule has 0 aliphatic carbocycles. The lowest BCUT2D eigenvalue weighted by Gasteiger charge is -2.32. The van der Waals surface area contributed by atoms with Gasteiger partial charge in [0.15, 0.2) is 0 Å². The van der Waals surface area contributed by atoms with Gasteiger partial charge in [0.25, 0.3) is 0 Å². The van der Waals surface area contributed by atoms with Gasteiger partial charge in [-0.15, -0.1) is 0 Å². The van der Waals surface area contributed by atoms with Crippen LogP contribution < -0.4 is 5.32 Å². The van der Waals surface area contributed by atoms with Crippen molar-refractivity contribution in [2.45, 2.75) is 38.3 Å². The van der Waals surface area contributed by atoms with E-state index in [1.165, 1.54) is 31.4 Å². The molecule has 1 saturated heterocycles. The highest BCUT2D eigenvalue weighted by Gasteiger charge is 2.17. The quantitative estimate of drug-likeness (QED) is 0.833. The van der Waals surface area contributed by atoms with E-state index in [0.717, 1.165) is 18.7 Å². The lowest BCUT2D eigenvalue weighted by molar-refractivity contribution is -0.136. The van der Waals surface area contributed by atoms with Crippen molar-refractivity contribution in [2.24, 2.45) is 0 Å². The molecule has 2 N–H and O–H groups in total. The molecule has 0 radical (unpaired) electrons. The zero-order valence-electron chi connectivity index (χ0n) is 12.1. The van der Waals surface area contributed by atoms with Crippen molar-refractivity contribution in [1.82, 2.24) is 10.2 Å². The Morgan fingerprint density at radius 2 is 2.00 bits per heavy atom. The van der Waals surface area contributed by atoms with Crippen LogP contribution in [0.1, 0.15) is 30.4 Å². The van der Waals surface area contributed by atoms with E-state index in [2.05, 4.69) is 17.3 Å². The molecule has 0 bridgehead atoms. The summed E-state index contributed by atoms with van der Waals surface area (Å²) in [7, 11) is 2.20. The predicted octanol–water partition coefficient (Wildman–Crippen LogP) is 1.89. The number of benzene rings is 1. The van der Waals surface area contributed by atoms with Crippen LogP contribution in [0, 0.1) is 0 Å². The number of carboxylic acids is 1. The summed E-state index contributed by atoms with van der Waals surface area (Å²) in [5.74, 6) is -0.781. The maximum absolute atomic E-state index is 10.6. The van der Waals surface area contributed by atoms with Crippen LogP contribution in [0.2, 0.25) is 0 Å². The van der Waals surface area contributed by atoms with Gasteiger partial charge in [-0.2, -0.15) is 0 Å². The first kappa shape index (κ1) is 15.0. The molecule has 1 aliphatic rings. The summed E-state index contributed by atoms with van der Waals surface area (Å²) in [4.78, 5) is 13.1. The molecular formula is C16H24N2O2. The lowest BCUT2D eigenvalue weighted by atomic mass is 10.0. The summed E-state index contributed by atoms with van der Waals surface area (Å²) in [6.07, 6.45) is 4.03. The third kappa shape index (κ3) is 4.62. The first-order valence-corrected chi connectivity index (χ1v) is 7.36. The molecule has 0 amide bonds. The van der Waals surface area contributed by atoms with Gasteiger partial charge in [-0.05, 0) is 37.6 Å². The molecule has 1 unspecified atom stereocenters. The van der Waals surface area contributed by atoms with Crippen molar-refractivity contribution in [2.75, 3.05) is 20.1 Å². The van der Waals surface area contributed by atoms with Crippen molar-refractivity contribution in [3.8, 4) is 0 Å². The zero-order valence-corrected chi connectivity index (χ0v) is 12.1. The fourth-order valence-corrected chi connectivity index (χ4v) is 2.73. The molecule has 1 atom stereocenters. The summed E-state index contributed by atoms with van der Waals surface area (Å²) in [5, 5.41) is 12.2. The summed E-state index contributed by atoms with van der Waals surface area (Å²) < 4.78 is 0. The van der Waals surface area contributed by atoms with Gasteiger partial charge in [0.2, 0.25) is 0 Å². The molecule has 110 valence electrons. The van der Waals surface area contributed by atoms with Gasteiger partial charge in [0, 0.05) is 19.1 Å². The first-order chi connectivity index (χ1) is 9.65. The number of piperidine rings is 1. The number of hydrogen-bond donors (Lipinski definition) is 2. The third-order valence-electron chi connectivity index (χ3n) is 4.01. The highest BCUT2D eigenvalue weighted by molar-refractivity contribution is 5.70. The summed E-state index contributed by atoms with van der Waals surface area (Å²) in [6, 6.07) is 8.47. The lowest BCUT2D eigenvalue weighted by Crippen LogP contribution is -2.42. The van der Waals surface area contributed by atoms with Crippen molar-refractivity contribution < 1.29 is 9.90 Å². The van der Waals surface area contributed by atoms with Crippen molar-refractivity contribution in [3.63, 3.8) is 0 Å². The number of likely N-dealkylation sites (N-methyl/N-ethyl adjacent to an activating group) is 1. The Morgan fingerprint density at radius 1 is 1.30 bits per heavy atom. The standard InChI is InChI=1S/C16H24N2O2/c1-18-9-3-2-4-15(18)12-17-11-14-7-5-13(6-8-14)10-16(19)20/h5-8,15,17H,2-4,9-12H2,1H3,(H,19,20). The number of carboxylic acid groups (broad SMARTS) is 1. The fraction of sp³-hybridized carbons (Fsp3) is 0.562. The van der Waals surface area contributed by atoms with Gasteiger partial charge in [0.05, 0.1) is 6.42 Å². The van der Waals surface area contributed by atoms with Gasteiger partial charge in [-0.3, -0.25) is 4.79 Å². The topological polar surface area (TPSA) is 52.6 Å². The number of rotatable bonds is 6.